The number of aromatic nitrogens is 2. The molecule has 0 spiro atoms. The maximum Gasteiger partial charge on any atom is 0.313 e. The van der Waals surface area contributed by atoms with Gasteiger partial charge < -0.3 is 14.5 Å². The monoisotopic (exact) mass is 345 g/mol. The number of carbonyl (C=O) groups excluding carboxylic acids is 1. The van der Waals surface area contributed by atoms with Crippen molar-refractivity contribution < 1.29 is 14.3 Å². The van der Waals surface area contributed by atoms with Gasteiger partial charge in [-0.15, -0.1) is 0 Å². The first-order valence-corrected chi connectivity index (χ1v) is 8.99. The van der Waals surface area contributed by atoms with Crippen molar-refractivity contribution in [3.8, 4) is 0 Å². The molecule has 25 heavy (non-hydrogen) atoms. The van der Waals surface area contributed by atoms with E-state index in [9.17, 15) is 4.79 Å². The highest BCUT2D eigenvalue weighted by Crippen LogP contribution is 2.35. The Morgan fingerprint density at radius 3 is 3.00 bits per heavy atom. The van der Waals surface area contributed by atoms with E-state index >= 15 is 0 Å². The number of piperidine rings is 1. The van der Waals surface area contributed by atoms with Gasteiger partial charge >= 0.3 is 5.97 Å². The number of aromatic amines is 1. The number of likely N-dealkylation sites (tertiary alicyclic amines) is 1. The number of hydrogen-bond acceptors (Lipinski definition) is 5. The molecule has 0 aliphatic carbocycles. The van der Waals surface area contributed by atoms with E-state index < -0.39 is 5.41 Å². The summed E-state index contributed by atoms with van der Waals surface area (Å²) >= 11 is 0. The minimum Gasteiger partial charge on any atom is -0.466 e. The van der Waals surface area contributed by atoms with Gasteiger partial charge in [0.2, 0.25) is 0 Å². The average Bonchev–Trinajstić information content (AvgIpc) is 3.02. The molecule has 136 valence electrons. The fraction of sp³-hybridized carbons (Fsp3) is 0.579. The van der Waals surface area contributed by atoms with Gasteiger partial charge in [-0.1, -0.05) is 12.1 Å². The molecule has 2 aromatic rings. The van der Waals surface area contributed by atoms with Gasteiger partial charge in [-0.25, -0.2) is 4.98 Å². The van der Waals surface area contributed by atoms with Crippen LogP contribution in [0.2, 0.25) is 0 Å². The summed E-state index contributed by atoms with van der Waals surface area (Å²) < 4.78 is 10.6. The third-order valence-corrected chi connectivity index (χ3v) is 4.96. The molecular weight excluding hydrogens is 318 g/mol. The number of hydrogen-bond donors (Lipinski definition) is 1. The maximum atomic E-state index is 12.6. The lowest BCUT2D eigenvalue weighted by atomic mass is 9.77. The molecule has 0 bridgehead atoms. The molecule has 1 atom stereocenters. The Morgan fingerprint density at radius 2 is 2.24 bits per heavy atom. The van der Waals surface area contributed by atoms with Crippen LogP contribution in [0.5, 0.6) is 0 Å². The number of imidazole rings is 1. The molecule has 1 N–H and O–H groups in total. The van der Waals surface area contributed by atoms with Gasteiger partial charge in [0.15, 0.2) is 0 Å². The quantitative estimate of drug-likeness (QED) is 0.782. The Hall–Kier alpha value is -1.92. The molecule has 6 heteroatoms. The van der Waals surface area contributed by atoms with Gasteiger partial charge in [0.1, 0.15) is 5.82 Å². The number of H-pyrrole nitrogens is 1. The van der Waals surface area contributed by atoms with Crippen molar-refractivity contribution in [2.75, 3.05) is 33.4 Å². The van der Waals surface area contributed by atoms with E-state index in [4.69, 9.17) is 9.47 Å². The normalized spacial score (nSPS) is 21.5. The van der Waals surface area contributed by atoms with Crippen molar-refractivity contribution in [2.24, 2.45) is 5.41 Å². The van der Waals surface area contributed by atoms with Crippen LogP contribution in [0.1, 0.15) is 32.0 Å². The van der Waals surface area contributed by atoms with E-state index in [1.54, 1.807) is 7.11 Å². The predicted molar refractivity (Wildman–Crippen MR) is 96.2 cm³/mol. The number of rotatable bonds is 7. The zero-order valence-electron chi connectivity index (χ0n) is 15.1. The lowest BCUT2D eigenvalue weighted by Crippen LogP contribution is -2.48. The molecule has 6 nitrogen and oxygen atoms in total. The van der Waals surface area contributed by atoms with Crippen molar-refractivity contribution in [2.45, 2.75) is 32.7 Å². The van der Waals surface area contributed by atoms with Gasteiger partial charge in [0.05, 0.1) is 29.6 Å². The molecular formula is C19H27N3O3. The van der Waals surface area contributed by atoms with Crippen LogP contribution in [-0.4, -0.2) is 54.3 Å². The predicted octanol–water partition coefficient (Wildman–Crippen LogP) is 2.74. The number of esters is 1. The summed E-state index contributed by atoms with van der Waals surface area (Å²) in [5.41, 5.74) is 1.55. The summed E-state index contributed by atoms with van der Waals surface area (Å²) in [6, 6.07) is 8.03. The van der Waals surface area contributed by atoms with E-state index in [0.717, 1.165) is 36.2 Å². The average molecular weight is 345 g/mol. The summed E-state index contributed by atoms with van der Waals surface area (Å²) in [5, 5.41) is 0. The molecule has 0 radical (unpaired) electrons. The van der Waals surface area contributed by atoms with Gasteiger partial charge in [0, 0.05) is 20.3 Å². The number of carbonyl (C=O) groups is 1. The van der Waals surface area contributed by atoms with Crippen LogP contribution in [0, 0.1) is 5.41 Å². The molecule has 1 aromatic carbocycles. The second-order valence-electron chi connectivity index (χ2n) is 6.76. The van der Waals surface area contributed by atoms with Crippen LogP contribution in [0.15, 0.2) is 24.3 Å². The highest BCUT2D eigenvalue weighted by molar-refractivity contribution is 5.77. The first-order chi connectivity index (χ1) is 12.2. The molecule has 3 rings (SSSR count). The van der Waals surface area contributed by atoms with E-state index in [1.165, 1.54) is 0 Å². The van der Waals surface area contributed by atoms with Crippen molar-refractivity contribution in [3.63, 3.8) is 0 Å². The number of ether oxygens (including phenoxy) is 2. The summed E-state index contributed by atoms with van der Waals surface area (Å²) in [5.74, 6) is 0.842. The van der Waals surface area contributed by atoms with Gasteiger partial charge in [-0.05, 0) is 44.9 Å². The molecule has 0 saturated carbocycles. The highest BCUT2D eigenvalue weighted by atomic mass is 16.5. The first kappa shape index (κ1) is 17.9. The zero-order chi connectivity index (χ0) is 17.7. The fourth-order valence-corrected chi connectivity index (χ4v) is 3.71. The molecule has 1 aliphatic heterocycles. The van der Waals surface area contributed by atoms with Crippen LogP contribution in [0.4, 0.5) is 0 Å². The Kier molecular flexibility index (Phi) is 5.71. The van der Waals surface area contributed by atoms with Crippen molar-refractivity contribution >= 4 is 17.0 Å². The van der Waals surface area contributed by atoms with Gasteiger partial charge in [-0.2, -0.15) is 0 Å². The first-order valence-electron chi connectivity index (χ1n) is 8.99. The number of nitrogens with zero attached hydrogens (tertiary/aromatic N) is 2. The van der Waals surface area contributed by atoms with Crippen molar-refractivity contribution in [3.05, 3.63) is 30.1 Å². The summed E-state index contributed by atoms with van der Waals surface area (Å²) in [6.07, 6.45) is 2.52. The Morgan fingerprint density at radius 1 is 1.40 bits per heavy atom. The van der Waals surface area contributed by atoms with E-state index in [-0.39, 0.29) is 5.97 Å². The largest absolute Gasteiger partial charge is 0.466 e. The molecule has 1 aliphatic rings. The molecule has 2 heterocycles. The summed E-state index contributed by atoms with van der Waals surface area (Å²) in [7, 11) is 1.67. The van der Waals surface area contributed by atoms with Crippen LogP contribution in [-0.2, 0) is 20.8 Å². The molecule has 1 saturated heterocycles. The maximum absolute atomic E-state index is 12.6. The minimum atomic E-state index is -0.476. The van der Waals surface area contributed by atoms with E-state index in [2.05, 4.69) is 14.9 Å². The topological polar surface area (TPSA) is 67.5 Å². The summed E-state index contributed by atoms with van der Waals surface area (Å²) in [6.45, 7) is 5.20. The number of benzene rings is 1. The van der Waals surface area contributed by atoms with Gasteiger partial charge in [-0.3, -0.25) is 9.69 Å². The van der Waals surface area contributed by atoms with Gasteiger partial charge in [0.25, 0.3) is 0 Å². The third kappa shape index (κ3) is 4.02. The molecule has 1 aromatic heterocycles. The Bertz CT molecular complexity index is 682. The lowest BCUT2D eigenvalue weighted by molar-refractivity contribution is -0.160. The zero-order valence-corrected chi connectivity index (χ0v) is 15.1. The smallest absolute Gasteiger partial charge is 0.313 e. The molecule has 1 fully saturated rings. The van der Waals surface area contributed by atoms with Crippen LogP contribution >= 0.6 is 0 Å². The number of para-hydroxylation sites is 2. The van der Waals surface area contributed by atoms with E-state index in [1.807, 2.05) is 31.2 Å². The Labute approximate surface area is 148 Å². The number of methoxy groups -OCH3 is 1. The number of nitrogens with one attached hydrogen (secondary N) is 1. The second kappa shape index (κ2) is 7.97. The number of fused-ring (bicyclic) bond motifs is 1. The standard InChI is InChI=1S/C19H27N3O3/c1-3-25-18(23)19(10-12-24-2)9-6-11-22(14-19)13-17-20-15-7-4-5-8-16(15)21-17/h4-5,7-8H,3,6,9-14H2,1-2H3,(H,20,21). The fourth-order valence-electron chi connectivity index (χ4n) is 3.71. The van der Waals surface area contributed by atoms with Crippen LogP contribution < -0.4 is 0 Å². The third-order valence-electron chi connectivity index (χ3n) is 4.96. The Balaban J connectivity index is 1.74. The highest BCUT2D eigenvalue weighted by Gasteiger charge is 2.43. The van der Waals surface area contributed by atoms with E-state index in [0.29, 0.717) is 32.7 Å². The van der Waals surface area contributed by atoms with Crippen LogP contribution in [0.3, 0.4) is 0 Å². The summed E-state index contributed by atoms with van der Waals surface area (Å²) in [4.78, 5) is 23.0. The van der Waals surface area contributed by atoms with Crippen LogP contribution in [0.25, 0.3) is 11.0 Å². The minimum absolute atomic E-state index is 0.0960. The molecule has 0 amide bonds. The second-order valence-corrected chi connectivity index (χ2v) is 6.76. The SMILES string of the molecule is CCOC(=O)C1(CCOC)CCCN(Cc2nc3ccccc3[nH]2)C1. The van der Waals surface area contributed by atoms with Crippen molar-refractivity contribution in [1.29, 1.82) is 0 Å². The van der Waals surface area contributed by atoms with Crippen molar-refractivity contribution in [1.82, 2.24) is 14.9 Å². The lowest BCUT2D eigenvalue weighted by Gasteiger charge is -2.40. The molecule has 1 unspecified atom stereocenters.